The summed E-state index contributed by atoms with van der Waals surface area (Å²) in [7, 11) is 0. The fourth-order valence-electron chi connectivity index (χ4n) is 1.11. The first-order valence-corrected chi connectivity index (χ1v) is 5.27. The molecule has 0 N–H and O–H groups in total. The van der Waals surface area contributed by atoms with Gasteiger partial charge in [-0.25, -0.2) is 0 Å². The summed E-state index contributed by atoms with van der Waals surface area (Å²) in [6.07, 6.45) is -4.35. The first kappa shape index (κ1) is 14.6. The molecule has 1 aromatic rings. The van der Waals surface area contributed by atoms with E-state index in [1.807, 2.05) is 6.07 Å². The van der Waals surface area contributed by atoms with Gasteiger partial charge in [0.2, 0.25) is 0 Å². The lowest BCUT2D eigenvalue weighted by Crippen LogP contribution is -2.19. The monoisotopic (exact) mass is 279 g/mol. The minimum absolute atomic E-state index is 0.0922. The van der Waals surface area contributed by atoms with Crippen LogP contribution in [0.15, 0.2) is 18.2 Å². The van der Waals surface area contributed by atoms with Gasteiger partial charge in [0.25, 0.3) is 0 Å². The Morgan fingerprint density at radius 1 is 1.28 bits per heavy atom. The third-order valence-electron chi connectivity index (χ3n) is 1.82. The maximum absolute atomic E-state index is 11.8. The Balaban J connectivity index is 2.40. The second-order valence-corrected chi connectivity index (χ2v) is 3.70. The average Bonchev–Trinajstić information content (AvgIpc) is 2.27. The van der Waals surface area contributed by atoms with Gasteiger partial charge in [0.1, 0.15) is 25.0 Å². The number of hydrogen-bond acceptors (Lipinski definition) is 3. The molecule has 0 fully saturated rings. The maximum Gasteiger partial charge on any atom is 0.411 e. The number of ether oxygens (including phenoxy) is 2. The van der Waals surface area contributed by atoms with E-state index >= 15 is 0 Å². The molecule has 0 spiro atoms. The summed E-state index contributed by atoms with van der Waals surface area (Å²) in [5.74, 6) is 0.223. The molecule has 0 bridgehead atoms. The van der Waals surface area contributed by atoms with Crippen LogP contribution in [0, 0.1) is 11.3 Å². The minimum atomic E-state index is -4.35. The predicted octanol–water partition coefficient (Wildman–Crippen LogP) is 3.17. The molecule has 0 saturated carbocycles. The summed E-state index contributed by atoms with van der Waals surface area (Å²) in [6, 6.07) is 6.29. The van der Waals surface area contributed by atoms with Crippen LogP contribution in [-0.2, 0) is 4.74 Å². The zero-order valence-corrected chi connectivity index (χ0v) is 9.88. The Morgan fingerprint density at radius 2 is 2.00 bits per heavy atom. The SMILES string of the molecule is N#Cc1ccc(Cl)cc1OCCOCC(F)(F)F. The van der Waals surface area contributed by atoms with Gasteiger partial charge in [0.05, 0.1) is 12.2 Å². The molecule has 0 aliphatic heterocycles. The van der Waals surface area contributed by atoms with Crippen molar-refractivity contribution in [2.75, 3.05) is 19.8 Å². The van der Waals surface area contributed by atoms with Crippen LogP contribution in [0.2, 0.25) is 5.02 Å². The Kier molecular flexibility index (Phi) is 5.25. The van der Waals surface area contributed by atoms with Gasteiger partial charge in [-0.3, -0.25) is 0 Å². The Bertz CT molecular complexity index is 443. The number of benzene rings is 1. The Hall–Kier alpha value is -1.45. The molecule has 98 valence electrons. The molecule has 0 unspecified atom stereocenters. The Morgan fingerprint density at radius 3 is 2.61 bits per heavy atom. The van der Waals surface area contributed by atoms with Gasteiger partial charge in [-0.1, -0.05) is 11.6 Å². The van der Waals surface area contributed by atoms with Gasteiger partial charge < -0.3 is 9.47 Å². The van der Waals surface area contributed by atoms with Crippen LogP contribution in [0.5, 0.6) is 5.75 Å². The molecule has 18 heavy (non-hydrogen) atoms. The summed E-state index contributed by atoms with van der Waals surface area (Å²) in [5, 5.41) is 9.14. The molecular weight excluding hydrogens is 271 g/mol. The highest BCUT2D eigenvalue weighted by Gasteiger charge is 2.27. The highest BCUT2D eigenvalue weighted by molar-refractivity contribution is 6.30. The Labute approximate surface area is 107 Å². The fourth-order valence-corrected chi connectivity index (χ4v) is 1.27. The molecular formula is C11H9ClF3NO2. The molecule has 0 atom stereocenters. The van der Waals surface area contributed by atoms with E-state index in [0.29, 0.717) is 5.02 Å². The second kappa shape index (κ2) is 6.47. The first-order chi connectivity index (χ1) is 8.42. The number of nitrogens with zero attached hydrogens (tertiary/aromatic N) is 1. The van der Waals surface area contributed by atoms with Crippen LogP contribution in [0.3, 0.4) is 0 Å². The topological polar surface area (TPSA) is 42.2 Å². The zero-order valence-electron chi connectivity index (χ0n) is 9.13. The van der Waals surface area contributed by atoms with Crippen molar-refractivity contribution < 1.29 is 22.6 Å². The normalized spacial score (nSPS) is 11.1. The molecule has 0 saturated heterocycles. The molecule has 0 aromatic heterocycles. The number of rotatable bonds is 5. The van der Waals surface area contributed by atoms with Crippen molar-refractivity contribution in [3.8, 4) is 11.8 Å². The lowest BCUT2D eigenvalue weighted by atomic mass is 10.2. The van der Waals surface area contributed by atoms with Crippen LogP contribution in [0.1, 0.15) is 5.56 Å². The van der Waals surface area contributed by atoms with Crippen LogP contribution >= 0.6 is 11.6 Å². The van der Waals surface area contributed by atoms with Crippen molar-refractivity contribution >= 4 is 11.6 Å². The summed E-state index contributed by atoms with van der Waals surface area (Å²) in [6.45, 7) is -1.64. The number of hydrogen-bond donors (Lipinski definition) is 0. The quantitative estimate of drug-likeness (QED) is 0.778. The van der Waals surface area contributed by atoms with Crippen LogP contribution < -0.4 is 4.74 Å². The van der Waals surface area contributed by atoms with Crippen LogP contribution in [0.25, 0.3) is 0 Å². The molecule has 0 amide bonds. The van der Waals surface area contributed by atoms with Gasteiger partial charge in [0.15, 0.2) is 0 Å². The lowest BCUT2D eigenvalue weighted by molar-refractivity contribution is -0.175. The maximum atomic E-state index is 11.8. The highest BCUT2D eigenvalue weighted by atomic mass is 35.5. The first-order valence-electron chi connectivity index (χ1n) is 4.89. The average molecular weight is 280 g/mol. The van der Waals surface area contributed by atoms with Gasteiger partial charge in [-0.05, 0) is 12.1 Å². The van der Waals surface area contributed by atoms with Crippen molar-refractivity contribution in [1.82, 2.24) is 0 Å². The second-order valence-electron chi connectivity index (χ2n) is 3.27. The smallest absolute Gasteiger partial charge is 0.411 e. The number of alkyl halides is 3. The van der Waals surface area contributed by atoms with Gasteiger partial charge in [-0.2, -0.15) is 18.4 Å². The van der Waals surface area contributed by atoms with Crippen molar-refractivity contribution in [2.45, 2.75) is 6.18 Å². The van der Waals surface area contributed by atoms with Crippen LogP contribution in [-0.4, -0.2) is 26.0 Å². The zero-order chi connectivity index (χ0) is 13.6. The lowest BCUT2D eigenvalue weighted by Gasteiger charge is -2.10. The van der Waals surface area contributed by atoms with Crippen molar-refractivity contribution in [3.05, 3.63) is 28.8 Å². The summed E-state index contributed by atoms with van der Waals surface area (Å²) in [4.78, 5) is 0. The number of halogens is 4. The predicted molar refractivity (Wildman–Crippen MR) is 58.5 cm³/mol. The van der Waals surface area contributed by atoms with Crippen molar-refractivity contribution in [3.63, 3.8) is 0 Å². The highest BCUT2D eigenvalue weighted by Crippen LogP contribution is 2.22. The van der Waals surface area contributed by atoms with Crippen molar-refractivity contribution in [1.29, 1.82) is 5.26 Å². The standard InChI is InChI=1S/C11H9ClF3NO2/c12-9-2-1-8(6-16)10(5-9)18-4-3-17-7-11(13,14)15/h1-2,5H,3-4,7H2. The summed E-state index contributed by atoms with van der Waals surface area (Å²) in [5.41, 5.74) is 0.259. The van der Waals surface area contributed by atoms with E-state index in [9.17, 15) is 13.2 Å². The van der Waals surface area contributed by atoms with E-state index in [1.165, 1.54) is 18.2 Å². The fraction of sp³-hybridized carbons (Fsp3) is 0.364. The van der Waals surface area contributed by atoms with E-state index in [0.717, 1.165) is 0 Å². The van der Waals surface area contributed by atoms with E-state index in [1.54, 1.807) is 0 Å². The van der Waals surface area contributed by atoms with E-state index < -0.39 is 12.8 Å². The van der Waals surface area contributed by atoms with Crippen LogP contribution in [0.4, 0.5) is 13.2 Å². The summed E-state index contributed by atoms with van der Waals surface area (Å²) < 4.78 is 44.7. The third-order valence-corrected chi connectivity index (χ3v) is 2.05. The molecule has 7 heteroatoms. The summed E-state index contributed by atoms with van der Waals surface area (Å²) >= 11 is 5.70. The van der Waals surface area contributed by atoms with Gasteiger partial charge in [-0.15, -0.1) is 0 Å². The van der Waals surface area contributed by atoms with E-state index in [-0.39, 0.29) is 24.5 Å². The van der Waals surface area contributed by atoms with Crippen molar-refractivity contribution in [2.24, 2.45) is 0 Å². The number of nitriles is 1. The van der Waals surface area contributed by atoms with E-state index in [2.05, 4.69) is 4.74 Å². The van der Waals surface area contributed by atoms with E-state index in [4.69, 9.17) is 21.6 Å². The largest absolute Gasteiger partial charge is 0.490 e. The molecule has 0 aliphatic carbocycles. The van der Waals surface area contributed by atoms with Gasteiger partial charge in [0, 0.05) is 11.1 Å². The molecule has 0 radical (unpaired) electrons. The van der Waals surface area contributed by atoms with Gasteiger partial charge >= 0.3 is 6.18 Å². The molecule has 1 aromatic carbocycles. The molecule has 0 heterocycles. The third kappa shape index (κ3) is 5.25. The molecule has 0 aliphatic rings. The molecule has 3 nitrogen and oxygen atoms in total. The minimum Gasteiger partial charge on any atom is -0.490 e. The molecule has 1 rings (SSSR count).